The lowest BCUT2D eigenvalue weighted by molar-refractivity contribution is 0.0513. The van der Waals surface area contributed by atoms with Crippen LogP contribution in [0.2, 0.25) is 0 Å². The molecule has 1 aromatic carbocycles. The minimum atomic E-state index is -1.27. The molecule has 1 atom stereocenters. The van der Waals surface area contributed by atoms with Gasteiger partial charge < -0.3 is 15.2 Å². The molecular formula is C15H21F2NO3. The molecule has 6 heteroatoms. The van der Waals surface area contributed by atoms with E-state index in [2.05, 4.69) is 10.1 Å². The van der Waals surface area contributed by atoms with Gasteiger partial charge in [0, 0.05) is 6.54 Å². The molecule has 0 saturated heterocycles. The zero-order valence-corrected chi connectivity index (χ0v) is 12.7. The van der Waals surface area contributed by atoms with Crippen LogP contribution in [-0.4, -0.2) is 30.3 Å². The number of methoxy groups -OCH3 is 1. The molecule has 21 heavy (non-hydrogen) atoms. The molecule has 1 aromatic rings. The second kappa shape index (κ2) is 6.85. The summed E-state index contributed by atoms with van der Waals surface area (Å²) in [7, 11) is 1.09. The Morgan fingerprint density at radius 1 is 1.38 bits per heavy atom. The van der Waals surface area contributed by atoms with Gasteiger partial charge in [-0.05, 0) is 31.4 Å². The first-order valence-corrected chi connectivity index (χ1v) is 6.70. The van der Waals surface area contributed by atoms with Crippen LogP contribution in [0.4, 0.5) is 14.5 Å². The van der Waals surface area contributed by atoms with Gasteiger partial charge in [0.15, 0.2) is 11.6 Å². The Hall–Kier alpha value is -1.69. The standard InChI is InChI=1S/C15H21F2NO3/c1-9(2)7-15(3,20)8-18-11-6-5-10(14(19)21-4)12(16)13(11)17/h5-6,9,18,20H,7-8H2,1-4H3. The number of benzene rings is 1. The highest BCUT2D eigenvalue weighted by Gasteiger charge is 2.24. The van der Waals surface area contributed by atoms with Gasteiger partial charge in [0.1, 0.15) is 0 Å². The van der Waals surface area contributed by atoms with E-state index in [0.717, 1.165) is 13.2 Å². The van der Waals surface area contributed by atoms with Crippen molar-refractivity contribution in [1.82, 2.24) is 0 Å². The molecule has 0 amide bonds. The Morgan fingerprint density at radius 3 is 2.52 bits per heavy atom. The number of hydrogen-bond acceptors (Lipinski definition) is 4. The van der Waals surface area contributed by atoms with E-state index in [1.54, 1.807) is 6.92 Å². The van der Waals surface area contributed by atoms with Crippen molar-refractivity contribution in [2.24, 2.45) is 5.92 Å². The monoisotopic (exact) mass is 301 g/mol. The number of esters is 1. The summed E-state index contributed by atoms with van der Waals surface area (Å²) in [6.07, 6.45) is 0.518. The molecule has 118 valence electrons. The summed E-state index contributed by atoms with van der Waals surface area (Å²) in [6, 6.07) is 2.39. The summed E-state index contributed by atoms with van der Waals surface area (Å²) >= 11 is 0. The van der Waals surface area contributed by atoms with Crippen LogP contribution in [0.25, 0.3) is 0 Å². The van der Waals surface area contributed by atoms with Crippen molar-refractivity contribution in [2.45, 2.75) is 32.8 Å². The average molecular weight is 301 g/mol. The number of anilines is 1. The Morgan fingerprint density at radius 2 is 2.00 bits per heavy atom. The average Bonchev–Trinajstić information content (AvgIpc) is 2.38. The van der Waals surface area contributed by atoms with Crippen LogP contribution in [0, 0.1) is 17.6 Å². The van der Waals surface area contributed by atoms with Crippen LogP contribution in [0.15, 0.2) is 12.1 Å². The summed E-state index contributed by atoms with van der Waals surface area (Å²) in [4.78, 5) is 11.2. The number of nitrogens with one attached hydrogen (secondary N) is 1. The predicted octanol–water partition coefficient (Wildman–Crippen LogP) is 2.96. The van der Waals surface area contributed by atoms with Crippen molar-refractivity contribution in [3.05, 3.63) is 29.3 Å². The number of aliphatic hydroxyl groups is 1. The molecule has 2 N–H and O–H groups in total. The van der Waals surface area contributed by atoms with Crippen LogP contribution in [0.5, 0.6) is 0 Å². The van der Waals surface area contributed by atoms with Crippen LogP contribution >= 0.6 is 0 Å². The van der Waals surface area contributed by atoms with E-state index in [9.17, 15) is 18.7 Å². The summed E-state index contributed by atoms with van der Waals surface area (Å²) < 4.78 is 32.0. The van der Waals surface area contributed by atoms with Crippen LogP contribution < -0.4 is 5.32 Å². The number of ether oxygens (including phenoxy) is 1. The lowest BCUT2D eigenvalue weighted by Gasteiger charge is -2.26. The summed E-state index contributed by atoms with van der Waals surface area (Å²) in [5.74, 6) is -3.11. The Bertz CT molecular complexity index is 516. The zero-order chi connectivity index (χ0) is 16.2. The fourth-order valence-corrected chi connectivity index (χ4v) is 2.19. The Kier molecular flexibility index (Phi) is 5.66. The molecule has 0 heterocycles. The first-order chi connectivity index (χ1) is 9.68. The summed E-state index contributed by atoms with van der Waals surface area (Å²) in [5, 5.41) is 12.8. The van der Waals surface area contributed by atoms with Gasteiger partial charge in [-0.1, -0.05) is 13.8 Å². The number of rotatable bonds is 6. The zero-order valence-electron chi connectivity index (χ0n) is 12.7. The third-order valence-corrected chi connectivity index (χ3v) is 3.00. The molecule has 0 aliphatic heterocycles. The summed E-state index contributed by atoms with van der Waals surface area (Å²) in [5.41, 5.74) is -1.61. The maximum absolute atomic E-state index is 13.9. The van der Waals surface area contributed by atoms with Crippen LogP contribution in [0.3, 0.4) is 0 Å². The molecular weight excluding hydrogens is 280 g/mol. The van der Waals surface area contributed by atoms with Crippen molar-refractivity contribution < 1.29 is 23.4 Å². The number of halogens is 2. The second-order valence-electron chi connectivity index (χ2n) is 5.73. The third-order valence-electron chi connectivity index (χ3n) is 3.00. The smallest absolute Gasteiger partial charge is 0.340 e. The molecule has 0 aromatic heterocycles. The number of hydrogen-bond donors (Lipinski definition) is 2. The van der Waals surface area contributed by atoms with E-state index < -0.39 is 28.8 Å². The highest BCUT2D eigenvalue weighted by molar-refractivity contribution is 5.90. The van der Waals surface area contributed by atoms with Crippen LogP contribution in [0.1, 0.15) is 37.6 Å². The normalized spacial score (nSPS) is 13.9. The van der Waals surface area contributed by atoms with Crippen molar-refractivity contribution in [3.8, 4) is 0 Å². The van der Waals surface area contributed by atoms with Crippen molar-refractivity contribution in [2.75, 3.05) is 19.0 Å². The lowest BCUT2D eigenvalue weighted by atomic mass is 9.94. The van der Waals surface area contributed by atoms with Gasteiger partial charge in [0.2, 0.25) is 0 Å². The van der Waals surface area contributed by atoms with E-state index >= 15 is 0 Å². The van der Waals surface area contributed by atoms with Gasteiger partial charge in [-0.2, -0.15) is 0 Å². The Balaban J connectivity index is 2.87. The quantitative estimate of drug-likeness (QED) is 0.793. The van der Waals surface area contributed by atoms with Gasteiger partial charge in [-0.3, -0.25) is 0 Å². The van der Waals surface area contributed by atoms with Crippen LogP contribution in [-0.2, 0) is 4.74 Å². The molecule has 1 rings (SSSR count). The molecule has 0 radical (unpaired) electrons. The van der Waals surface area contributed by atoms with Gasteiger partial charge in [-0.25, -0.2) is 13.6 Å². The van der Waals surface area contributed by atoms with Gasteiger partial charge >= 0.3 is 5.97 Å². The van der Waals surface area contributed by atoms with E-state index in [1.165, 1.54) is 6.07 Å². The van der Waals surface area contributed by atoms with E-state index in [-0.39, 0.29) is 18.2 Å². The molecule has 1 unspecified atom stereocenters. The van der Waals surface area contributed by atoms with Gasteiger partial charge in [0.05, 0.1) is 24.0 Å². The van der Waals surface area contributed by atoms with Gasteiger partial charge in [0.25, 0.3) is 0 Å². The minimum Gasteiger partial charge on any atom is -0.465 e. The molecule has 0 aliphatic rings. The minimum absolute atomic E-state index is 0.0686. The topological polar surface area (TPSA) is 58.6 Å². The van der Waals surface area contributed by atoms with E-state index in [1.807, 2.05) is 13.8 Å². The van der Waals surface area contributed by atoms with E-state index in [4.69, 9.17) is 0 Å². The molecule has 0 fully saturated rings. The Labute approximate surface area is 123 Å². The fourth-order valence-electron chi connectivity index (χ4n) is 2.19. The predicted molar refractivity (Wildman–Crippen MR) is 76.3 cm³/mol. The first kappa shape index (κ1) is 17.4. The maximum Gasteiger partial charge on any atom is 0.340 e. The summed E-state index contributed by atoms with van der Waals surface area (Å²) in [6.45, 7) is 5.61. The fraction of sp³-hybridized carbons (Fsp3) is 0.533. The second-order valence-corrected chi connectivity index (χ2v) is 5.73. The van der Waals surface area contributed by atoms with E-state index in [0.29, 0.717) is 6.42 Å². The first-order valence-electron chi connectivity index (χ1n) is 6.70. The van der Waals surface area contributed by atoms with Crippen molar-refractivity contribution in [1.29, 1.82) is 0 Å². The molecule has 0 bridgehead atoms. The van der Waals surface area contributed by atoms with Gasteiger partial charge in [-0.15, -0.1) is 0 Å². The highest BCUT2D eigenvalue weighted by atomic mass is 19.2. The largest absolute Gasteiger partial charge is 0.465 e. The molecule has 4 nitrogen and oxygen atoms in total. The van der Waals surface area contributed by atoms with Crippen molar-refractivity contribution in [3.63, 3.8) is 0 Å². The lowest BCUT2D eigenvalue weighted by Crippen LogP contribution is -2.35. The molecule has 0 spiro atoms. The molecule has 0 saturated carbocycles. The number of carbonyl (C=O) groups excluding carboxylic acids is 1. The highest BCUT2D eigenvalue weighted by Crippen LogP contribution is 2.23. The number of carbonyl (C=O) groups is 1. The maximum atomic E-state index is 13.9. The SMILES string of the molecule is COC(=O)c1ccc(NCC(C)(O)CC(C)C)c(F)c1F. The third kappa shape index (κ3) is 4.67. The van der Waals surface area contributed by atoms with Crippen molar-refractivity contribution >= 4 is 11.7 Å². The molecule has 0 aliphatic carbocycles.